The zero-order chi connectivity index (χ0) is 7.49. The Labute approximate surface area is 56.5 Å². The van der Waals surface area contributed by atoms with E-state index in [1.54, 1.807) is 0 Å². The highest BCUT2D eigenvalue weighted by Crippen LogP contribution is 2.36. The average Bonchev–Trinajstić information content (AvgIpc) is 1.64. The molecule has 3 N–H and O–H groups in total. The molecule has 9 heavy (non-hydrogen) atoms. The molecule has 0 saturated carbocycles. The zero-order valence-electron chi connectivity index (χ0n) is 5.61. The van der Waals surface area contributed by atoms with E-state index in [4.69, 9.17) is 14.3 Å². The normalized spacial score (nSPS) is 14.4. The third kappa shape index (κ3) is 3.72. The zero-order valence-corrected chi connectivity index (χ0v) is 6.43. The molecule has 58 valence electrons. The predicted octanol–water partition coefficient (Wildman–Crippen LogP) is 1.38. The highest BCUT2D eigenvalue weighted by molar-refractivity contribution is 8.21. The molecule has 0 amide bonds. The minimum absolute atomic E-state index is 0.291. The van der Waals surface area contributed by atoms with E-state index in [1.807, 2.05) is 6.92 Å². The van der Waals surface area contributed by atoms with Crippen molar-refractivity contribution in [1.82, 2.24) is 4.47 Å². The summed E-state index contributed by atoms with van der Waals surface area (Å²) in [5.74, 6) is 0. The van der Waals surface area contributed by atoms with Gasteiger partial charge < -0.3 is 0 Å². The third-order valence-electron chi connectivity index (χ3n) is 0.814. The lowest BCUT2D eigenvalue weighted by molar-refractivity contribution is -0.00729. The maximum atomic E-state index is 8.76. The SMILES string of the molecule is CCCN(O)S(C)(O)O. The smallest absolute Gasteiger partial charge is 0.0444 e. The summed E-state index contributed by atoms with van der Waals surface area (Å²) in [6.45, 7) is 2.13. The Balaban J connectivity index is 3.59. The van der Waals surface area contributed by atoms with Gasteiger partial charge >= 0.3 is 0 Å². The first kappa shape index (κ1) is 9.19. The fraction of sp³-hybridized carbons (Fsp3) is 1.00. The van der Waals surface area contributed by atoms with Crippen LogP contribution in [0.15, 0.2) is 0 Å². The quantitative estimate of drug-likeness (QED) is 0.539. The van der Waals surface area contributed by atoms with Crippen molar-refractivity contribution in [3.63, 3.8) is 0 Å². The molecule has 0 bridgehead atoms. The number of hydrogen-bond donors (Lipinski definition) is 3. The van der Waals surface area contributed by atoms with E-state index in [2.05, 4.69) is 0 Å². The van der Waals surface area contributed by atoms with E-state index in [-0.39, 0.29) is 0 Å². The highest BCUT2D eigenvalue weighted by atomic mass is 32.3. The Hall–Kier alpha value is 0.190. The summed E-state index contributed by atoms with van der Waals surface area (Å²) in [6, 6.07) is 0. The Kier molecular flexibility index (Phi) is 3.45. The topological polar surface area (TPSA) is 63.9 Å². The van der Waals surface area contributed by atoms with Gasteiger partial charge in [-0.2, -0.15) is 0 Å². The van der Waals surface area contributed by atoms with Gasteiger partial charge in [0.2, 0.25) is 0 Å². The summed E-state index contributed by atoms with van der Waals surface area (Å²) >= 11 is 0. The molecule has 0 radical (unpaired) electrons. The molecule has 0 atom stereocenters. The predicted molar refractivity (Wildman–Crippen MR) is 37.6 cm³/mol. The second-order valence-electron chi connectivity index (χ2n) is 1.87. The molecular weight excluding hydrogens is 142 g/mol. The van der Waals surface area contributed by atoms with E-state index in [0.29, 0.717) is 17.4 Å². The van der Waals surface area contributed by atoms with Gasteiger partial charge in [-0.15, -0.1) is 10.8 Å². The first-order chi connectivity index (χ1) is 3.98. The summed E-state index contributed by atoms with van der Waals surface area (Å²) in [5.41, 5.74) is 0. The Morgan fingerprint density at radius 1 is 1.44 bits per heavy atom. The molecule has 0 spiro atoms. The average molecular weight is 155 g/mol. The van der Waals surface area contributed by atoms with Crippen molar-refractivity contribution in [1.29, 1.82) is 0 Å². The summed E-state index contributed by atoms with van der Waals surface area (Å²) < 4.78 is 18.0. The van der Waals surface area contributed by atoms with Crippen molar-refractivity contribution < 1.29 is 14.3 Å². The Morgan fingerprint density at radius 2 is 1.89 bits per heavy atom. The minimum atomic E-state index is -2.88. The monoisotopic (exact) mass is 155 g/mol. The minimum Gasteiger partial charge on any atom is -0.295 e. The number of hydroxylamine groups is 1. The molecule has 0 unspecified atom stereocenters. The lowest BCUT2D eigenvalue weighted by atomic mass is 10.5. The van der Waals surface area contributed by atoms with Crippen molar-refractivity contribution in [2.75, 3.05) is 12.8 Å². The van der Waals surface area contributed by atoms with Crippen LogP contribution in [-0.2, 0) is 0 Å². The first-order valence-electron chi connectivity index (χ1n) is 2.68. The van der Waals surface area contributed by atoms with Crippen LogP contribution in [0.4, 0.5) is 0 Å². The Bertz CT molecular complexity index is 82.4. The molecule has 0 aromatic rings. The molecule has 0 heterocycles. The summed E-state index contributed by atoms with van der Waals surface area (Å²) in [7, 11) is -2.88. The van der Waals surface area contributed by atoms with Gasteiger partial charge in [-0.3, -0.25) is 14.3 Å². The fourth-order valence-corrected chi connectivity index (χ4v) is 0.893. The van der Waals surface area contributed by atoms with Gasteiger partial charge in [0.15, 0.2) is 0 Å². The van der Waals surface area contributed by atoms with Crippen LogP contribution < -0.4 is 0 Å². The van der Waals surface area contributed by atoms with Gasteiger partial charge in [-0.1, -0.05) is 11.4 Å². The van der Waals surface area contributed by atoms with Gasteiger partial charge in [-0.25, -0.2) is 0 Å². The maximum Gasteiger partial charge on any atom is 0.0444 e. The standard InChI is InChI=1S/C4H13NO3S/c1-3-4-5(6)9(2,7)8/h6-8H,3-4H2,1-2H3. The van der Waals surface area contributed by atoms with Crippen LogP contribution in [0.5, 0.6) is 0 Å². The molecule has 0 fully saturated rings. The highest BCUT2D eigenvalue weighted by Gasteiger charge is 2.11. The van der Waals surface area contributed by atoms with Crippen LogP contribution in [0.1, 0.15) is 13.3 Å². The molecule has 0 aliphatic heterocycles. The lowest BCUT2D eigenvalue weighted by Gasteiger charge is -2.34. The summed E-state index contributed by atoms with van der Waals surface area (Å²) in [6.07, 6.45) is 1.88. The van der Waals surface area contributed by atoms with Crippen molar-refractivity contribution >= 4 is 10.8 Å². The second kappa shape index (κ2) is 3.38. The first-order valence-corrected chi connectivity index (χ1v) is 4.59. The van der Waals surface area contributed by atoms with Gasteiger partial charge in [0.1, 0.15) is 0 Å². The van der Waals surface area contributed by atoms with Crippen LogP contribution in [0.2, 0.25) is 0 Å². The second-order valence-corrected chi connectivity index (χ2v) is 3.88. The summed E-state index contributed by atoms with van der Waals surface area (Å²) in [4.78, 5) is 0. The van der Waals surface area contributed by atoms with Crippen LogP contribution >= 0.6 is 10.8 Å². The number of rotatable bonds is 3. The molecule has 4 nitrogen and oxygen atoms in total. The van der Waals surface area contributed by atoms with E-state index in [1.165, 1.54) is 6.26 Å². The van der Waals surface area contributed by atoms with E-state index in [9.17, 15) is 0 Å². The number of nitrogens with zero attached hydrogens (tertiary/aromatic N) is 1. The molecular formula is C4H13NO3S. The molecule has 0 aromatic carbocycles. The van der Waals surface area contributed by atoms with Crippen LogP contribution in [-0.4, -0.2) is 31.6 Å². The van der Waals surface area contributed by atoms with E-state index < -0.39 is 10.8 Å². The van der Waals surface area contributed by atoms with Crippen molar-refractivity contribution in [2.45, 2.75) is 13.3 Å². The van der Waals surface area contributed by atoms with Crippen molar-refractivity contribution in [2.24, 2.45) is 0 Å². The van der Waals surface area contributed by atoms with Crippen LogP contribution in [0, 0.1) is 0 Å². The largest absolute Gasteiger partial charge is 0.295 e. The lowest BCUT2D eigenvalue weighted by Crippen LogP contribution is -2.23. The van der Waals surface area contributed by atoms with Gasteiger partial charge in [0.25, 0.3) is 0 Å². The molecule has 5 heteroatoms. The van der Waals surface area contributed by atoms with Crippen molar-refractivity contribution in [3.8, 4) is 0 Å². The fourth-order valence-electron chi connectivity index (χ4n) is 0.364. The van der Waals surface area contributed by atoms with Crippen molar-refractivity contribution in [3.05, 3.63) is 0 Å². The maximum absolute atomic E-state index is 8.76. The molecule has 0 aromatic heterocycles. The Morgan fingerprint density at radius 3 is 2.00 bits per heavy atom. The van der Waals surface area contributed by atoms with Crippen LogP contribution in [0.25, 0.3) is 0 Å². The van der Waals surface area contributed by atoms with Gasteiger partial charge in [0, 0.05) is 12.8 Å². The van der Waals surface area contributed by atoms with E-state index >= 15 is 0 Å². The molecule has 0 rings (SSSR count). The molecule has 0 aliphatic rings. The van der Waals surface area contributed by atoms with Crippen LogP contribution in [0.3, 0.4) is 0 Å². The molecule has 0 aliphatic carbocycles. The summed E-state index contributed by atoms with van der Waals surface area (Å²) in [5, 5.41) is 8.76. The van der Waals surface area contributed by atoms with Gasteiger partial charge in [0.05, 0.1) is 0 Å². The molecule has 0 saturated heterocycles. The van der Waals surface area contributed by atoms with Gasteiger partial charge in [-0.05, 0) is 6.42 Å². The third-order valence-corrected chi connectivity index (χ3v) is 1.80. The number of hydrogen-bond acceptors (Lipinski definition) is 4. The van der Waals surface area contributed by atoms with E-state index in [0.717, 1.165) is 0 Å².